The van der Waals surface area contributed by atoms with Crippen molar-refractivity contribution in [3.8, 4) is 0 Å². The van der Waals surface area contributed by atoms with Crippen molar-refractivity contribution in [2.24, 2.45) is 11.8 Å². The number of aliphatic hydroxyl groups is 1. The quantitative estimate of drug-likeness (QED) is 0.148. The summed E-state index contributed by atoms with van der Waals surface area (Å²) < 4.78 is 12.6. The lowest BCUT2D eigenvalue weighted by molar-refractivity contribution is -0.160. The van der Waals surface area contributed by atoms with Gasteiger partial charge in [-0.2, -0.15) is 0 Å². The number of benzene rings is 3. The maximum absolute atomic E-state index is 15.1. The first-order valence-electron chi connectivity index (χ1n) is 16.2. The standard InChI is InChI=1S/C38H42N2O6/c1-4-6-7-13-23-45-36(44)32-31-34(42)40(30(25-41)27-15-9-8-10-16-27)33(38(31)21-20-37(32,3)46-38)35(43)39(22-5-2)29-19-18-26-14-11-12-17-28(26)24-29/h4-5,8-12,14-19,24,30-33,41H,1-2,6-7,13,20-23,25H2,3H3/t30-,31+,32+,33?,37-,38?/m1/s1. The van der Waals surface area contributed by atoms with E-state index in [0.29, 0.717) is 30.5 Å². The fourth-order valence-corrected chi connectivity index (χ4v) is 7.96. The average Bonchev–Trinajstić information content (AvgIpc) is 3.64. The molecule has 3 saturated heterocycles. The molecule has 1 spiro atoms. The first-order valence-corrected chi connectivity index (χ1v) is 16.2. The summed E-state index contributed by atoms with van der Waals surface area (Å²) >= 11 is 0. The molecular formula is C38H42N2O6. The number of likely N-dealkylation sites (tertiary alicyclic amines) is 1. The number of amides is 2. The van der Waals surface area contributed by atoms with Crippen molar-refractivity contribution in [2.45, 2.75) is 62.3 Å². The van der Waals surface area contributed by atoms with Crippen molar-refractivity contribution < 1.29 is 29.0 Å². The van der Waals surface area contributed by atoms with Gasteiger partial charge in [-0.05, 0) is 67.5 Å². The molecule has 46 heavy (non-hydrogen) atoms. The molecule has 0 aliphatic carbocycles. The summed E-state index contributed by atoms with van der Waals surface area (Å²) in [6, 6.07) is 21.0. The normalized spacial score (nSPS) is 27.0. The first-order chi connectivity index (χ1) is 22.3. The van der Waals surface area contributed by atoms with Crippen LogP contribution in [-0.2, 0) is 23.9 Å². The van der Waals surface area contributed by atoms with Gasteiger partial charge >= 0.3 is 5.97 Å². The van der Waals surface area contributed by atoms with Gasteiger partial charge in [0.2, 0.25) is 5.91 Å². The molecule has 2 bridgehead atoms. The highest BCUT2D eigenvalue weighted by atomic mass is 16.6. The minimum absolute atomic E-state index is 0.193. The molecule has 3 fully saturated rings. The molecule has 1 N–H and O–H groups in total. The molecule has 2 amide bonds. The molecule has 3 aliphatic heterocycles. The molecule has 3 aliphatic rings. The van der Waals surface area contributed by atoms with Crippen molar-refractivity contribution in [1.82, 2.24) is 4.90 Å². The van der Waals surface area contributed by atoms with Crippen LogP contribution in [0.1, 0.15) is 50.6 Å². The molecule has 3 heterocycles. The van der Waals surface area contributed by atoms with Crippen LogP contribution in [0.5, 0.6) is 0 Å². The van der Waals surface area contributed by atoms with E-state index in [-0.39, 0.29) is 25.0 Å². The predicted molar refractivity (Wildman–Crippen MR) is 177 cm³/mol. The number of unbranched alkanes of at least 4 members (excludes halogenated alkanes) is 2. The number of ether oxygens (including phenoxy) is 2. The van der Waals surface area contributed by atoms with Gasteiger partial charge < -0.3 is 24.4 Å². The maximum Gasteiger partial charge on any atom is 0.312 e. The number of anilines is 1. The van der Waals surface area contributed by atoms with Crippen molar-refractivity contribution >= 4 is 34.2 Å². The summed E-state index contributed by atoms with van der Waals surface area (Å²) in [5.41, 5.74) is -0.883. The Morgan fingerprint density at radius 1 is 1.04 bits per heavy atom. The number of carbonyl (C=O) groups is 3. The van der Waals surface area contributed by atoms with Gasteiger partial charge in [-0.15, -0.1) is 13.2 Å². The first kappa shape index (κ1) is 31.7. The molecular weight excluding hydrogens is 580 g/mol. The van der Waals surface area contributed by atoms with Crippen LogP contribution in [0.3, 0.4) is 0 Å². The Morgan fingerprint density at radius 3 is 2.50 bits per heavy atom. The van der Waals surface area contributed by atoms with Crippen LogP contribution < -0.4 is 4.90 Å². The fraction of sp³-hybridized carbons (Fsp3) is 0.395. The van der Waals surface area contributed by atoms with Crippen molar-refractivity contribution in [3.63, 3.8) is 0 Å². The molecule has 0 saturated carbocycles. The third-order valence-electron chi connectivity index (χ3n) is 10.1. The van der Waals surface area contributed by atoms with Gasteiger partial charge in [0.15, 0.2) is 0 Å². The van der Waals surface area contributed by atoms with Crippen LogP contribution in [-0.4, -0.2) is 64.8 Å². The van der Waals surface area contributed by atoms with E-state index in [0.717, 1.165) is 23.6 Å². The predicted octanol–water partition coefficient (Wildman–Crippen LogP) is 5.76. The van der Waals surface area contributed by atoms with Crippen LogP contribution in [0.2, 0.25) is 0 Å². The van der Waals surface area contributed by atoms with Gasteiger partial charge in [-0.1, -0.05) is 72.8 Å². The van der Waals surface area contributed by atoms with Crippen molar-refractivity contribution in [3.05, 3.63) is 104 Å². The number of rotatable bonds is 13. The minimum Gasteiger partial charge on any atom is -0.465 e. The van der Waals surface area contributed by atoms with E-state index in [9.17, 15) is 14.7 Å². The Hall–Kier alpha value is -4.27. The van der Waals surface area contributed by atoms with Crippen LogP contribution in [0.15, 0.2) is 98.1 Å². The van der Waals surface area contributed by atoms with Gasteiger partial charge in [0, 0.05) is 12.2 Å². The van der Waals surface area contributed by atoms with Crippen LogP contribution in [0.25, 0.3) is 10.8 Å². The third-order valence-corrected chi connectivity index (χ3v) is 10.1. The monoisotopic (exact) mass is 622 g/mol. The fourth-order valence-electron chi connectivity index (χ4n) is 7.96. The van der Waals surface area contributed by atoms with Crippen LogP contribution in [0.4, 0.5) is 5.69 Å². The van der Waals surface area contributed by atoms with E-state index in [1.165, 1.54) is 4.90 Å². The molecule has 3 aromatic carbocycles. The highest BCUT2D eigenvalue weighted by Crippen LogP contribution is 2.64. The Balaban J connectivity index is 1.43. The molecule has 8 heteroatoms. The zero-order valence-electron chi connectivity index (χ0n) is 26.3. The highest BCUT2D eigenvalue weighted by Gasteiger charge is 2.79. The number of nitrogens with zero attached hydrogens (tertiary/aromatic N) is 2. The molecule has 0 radical (unpaired) electrons. The largest absolute Gasteiger partial charge is 0.465 e. The van der Waals surface area contributed by atoms with Gasteiger partial charge in [-0.25, -0.2) is 0 Å². The molecule has 2 unspecified atom stereocenters. The lowest BCUT2D eigenvalue weighted by Crippen LogP contribution is -2.57. The lowest BCUT2D eigenvalue weighted by atomic mass is 9.66. The van der Waals surface area contributed by atoms with Crippen molar-refractivity contribution in [1.29, 1.82) is 0 Å². The van der Waals surface area contributed by atoms with E-state index < -0.39 is 47.7 Å². The van der Waals surface area contributed by atoms with Crippen LogP contribution in [0, 0.1) is 11.8 Å². The number of hydrogen-bond acceptors (Lipinski definition) is 6. The number of allylic oxidation sites excluding steroid dienone is 1. The SMILES string of the molecule is C=CCCCCOC(=O)[C@@H]1[C@H]2C(=O)N([C@H](CO)c3ccccc3)C(C(=O)N(CC=C)c3ccc4ccccc4c3)C23CC[C@@]1(C)O3. The Labute approximate surface area is 270 Å². The Morgan fingerprint density at radius 2 is 1.78 bits per heavy atom. The van der Waals surface area contributed by atoms with E-state index in [1.807, 2.05) is 85.8 Å². The molecule has 6 atom stereocenters. The number of fused-ring (bicyclic) bond motifs is 2. The van der Waals surface area contributed by atoms with E-state index >= 15 is 4.79 Å². The Bertz CT molecular complexity index is 1640. The molecule has 6 rings (SSSR count). The zero-order valence-corrected chi connectivity index (χ0v) is 26.3. The molecule has 0 aromatic heterocycles. The maximum atomic E-state index is 15.1. The van der Waals surface area contributed by atoms with Crippen molar-refractivity contribution in [2.75, 3.05) is 24.7 Å². The average molecular weight is 623 g/mol. The number of carbonyl (C=O) groups excluding carboxylic acids is 3. The minimum atomic E-state index is -1.27. The highest BCUT2D eigenvalue weighted by molar-refractivity contribution is 6.06. The van der Waals surface area contributed by atoms with Gasteiger partial charge in [-0.3, -0.25) is 14.4 Å². The van der Waals surface area contributed by atoms with Crippen LogP contribution >= 0.6 is 0 Å². The van der Waals surface area contributed by atoms with Gasteiger partial charge in [0.05, 0.1) is 30.8 Å². The summed E-state index contributed by atoms with van der Waals surface area (Å²) in [4.78, 5) is 46.7. The number of esters is 1. The summed E-state index contributed by atoms with van der Waals surface area (Å²) in [7, 11) is 0. The third kappa shape index (κ3) is 5.23. The zero-order chi connectivity index (χ0) is 32.5. The number of aliphatic hydroxyl groups excluding tert-OH is 1. The second-order valence-electron chi connectivity index (χ2n) is 12.8. The Kier molecular flexibility index (Phi) is 8.86. The van der Waals surface area contributed by atoms with E-state index in [4.69, 9.17) is 9.47 Å². The summed E-state index contributed by atoms with van der Waals surface area (Å²) in [6.07, 6.45) is 6.75. The lowest BCUT2D eigenvalue weighted by Gasteiger charge is -2.39. The second kappa shape index (κ2) is 12.9. The number of hydrogen-bond donors (Lipinski definition) is 1. The summed E-state index contributed by atoms with van der Waals surface area (Å²) in [5.74, 6) is -3.01. The second-order valence-corrected chi connectivity index (χ2v) is 12.8. The van der Waals surface area contributed by atoms with Gasteiger partial charge in [0.25, 0.3) is 5.91 Å². The molecule has 3 aromatic rings. The summed E-state index contributed by atoms with van der Waals surface area (Å²) in [6.45, 7) is 9.54. The molecule has 8 nitrogen and oxygen atoms in total. The van der Waals surface area contributed by atoms with E-state index in [2.05, 4.69) is 13.2 Å². The van der Waals surface area contributed by atoms with E-state index in [1.54, 1.807) is 11.0 Å². The summed E-state index contributed by atoms with van der Waals surface area (Å²) in [5, 5.41) is 12.8. The smallest absolute Gasteiger partial charge is 0.312 e. The topological polar surface area (TPSA) is 96.4 Å². The molecule has 240 valence electrons. The van der Waals surface area contributed by atoms with Gasteiger partial charge in [0.1, 0.15) is 17.6 Å².